The summed E-state index contributed by atoms with van der Waals surface area (Å²) in [5, 5.41) is 3.88. The van der Waals surface area contributed by atoms with Crippen LogP contribution < -0.4 is 0 Å². The third kappa shape index (κ3) is 5.89. The number of carbonyl (C=O) groups is 1. The summed E-state index contributed by atoms with van der Waals surface area (Å²) in [5.41, 5.74) is 1.39. The summed E-state index contributed by atoms with van der Waals surface area (Å²) >= 11 is 0. The molecule has 0 saturated carbocycles. The second-order valence-electron chi connectivity index (χ2n) is 7.73. The number of halogens is 3. The fourth-order valence-corrected chi connectivity index (χ4v) is 3.50. The van der Waals surface area contributed by atoms with Crippen LogP contribution >= 0.6 is 0 Å². The van der Waals surface area contributed by atoms with Gasteiger partial charge in [-0.05, 0) is 36.2 Å². The van der Waals surface area contributed by atoms with E-state index in [9.17, 15) is 18.0 Å². The van der Waals surface area contributed by atoms with Crippen LogP contribution in [0, 0.1) is 0 Å². The van der Waals surface area contributed by atoms with Crippen LogP contribution in [-0.2, 0) is 19.0 Å². The fourth-order valence-electron chi connectivity index (χ4n) is 3.50. The minimum absolute atomic E-state index is 0.0981. The monoisotopic (exact) mass is 465 g/mol. The van der Waals surface area contributed by atoms with Gasteiger partial charge in [-0.2, -0.15) is 18.2 Å². The Morgan fingerprint density at radius 2 is 1.44 bits per heavy atom. The van der Waals surface area contributed by atoms with E-state index in [1.54, 1.807) is 17.0 Å². The molecule has 1 heterocycles. The number of alkyl halides is 3. The standard InChI is InChI=1S/C26H22F3N3O2/c27-26(28,29)22-13-11-20(12-14-22)24-30-23(34-31-24)16-18-32(17-15-19-7-3-1-4-8-19)25(33)21-9-5-2-6-10-21/h1-14H,15-18H2. The number of carbonyl (C=O) groups excluding carboxylic acids is 1. The first-order valence-electron chi connectivity index (χ1n) is 10.8. The van der Waals surface area contributed by atoms with Gasteiger partial charge in [0.1, 0.15) is 0 Å². The van der Waals surface area contributed by atoms with Crippen molar-refractivity contribution >= 4 is 5.91 Å². The van der Waals surface area contributed by atoms with Crippen molar-refractivity contribution < 1.29 is 22.5 Å². The second-order valence-corrected chi connectivity index (χ2v) is 7.73. The Bertz CT molecular complexity index is 1210. The molecule has 0 saturated heterocycles. The molecule has 4 rings (SSSR count). The lowest BCUT2D eigenvalue weighted by atomic mass is 10.1. The van der Waals surface area contributed by atoms with Gasteiger partial charge in [0, 0.05) is 30.6 Å². The third-order valence-corrected chi connectivity index (χ3v) is 5.36. The summed E-state index contributed by atoms with van der Waals surface area (Å²) in [6, 6.07) is 23.5. The summed E-state index contributed by atoms with van der Waals surface area (Å²) in [6.07, 6.45) is -3.39. The lowest BCUT2D eigenvalue weighted by Gasteiger charge is -2.22. The Kier molecular flexibility index (Phi) is 7.06. The van der Waals surface area contributed by atoms with E-state index in [-0.39, 0.29) is 11.7 Å². The van der Waals surface area contributed by atoms with Gasteiger partial charge >= 0.3 is 6.18 Å². The number of aromatic nitrogens is 2. The van der Waals surface area contributed by atoms with Gasteiger partial charge in [-0.25, -0.2) is 0 Å². The molecule has 0 N–H and O–H groups in total. The van der Waals surface area contributed by atoms with Gasteiger partial charge in [-0.15, -0.1) is 0 Å². The molecule has 4 aromatic rings. The van der Waals surface area contributed by atoms with E-state index in [4.69, 9.17) is 4.52 Å². The zero-order chi connectivity index (χ0) is 24.0. The van der Waals surface area contributed by atoms with Crippen molar-refractivity contribution in [3.05, 3.63) is 108 Å². The summed E-state index contributed by atoms with van der Waals surface area (Å²) < 4.78 is 43.6. The Hall–Kier alpha value is -3.94. The van der Waals surface area contributed by atoms with Crippen molar-refractivity contribution in [3.63, 3.8) is 0 Å². The largest absolute Gasteiger partial charge is 0.416 e. The molecule has 174 valence electrons. The van der Waals surface area contributed by atoms with Crippen molar-refractivity contribution in [2.75, 3.05) is 13.1 Å². The number of nitrogens with zero attached hydrogens (tertiary/aromatic N) is 3. The summed E-state index contributed by atoms with van der Waals surface area (Å²) in [4.78, 5) is 19.1. The van der Waals surface area contributed by atoms with Gasteiger partial charge in [0.15, 0.2) is 0 Å². The zero-order valence-electron chi connectivity index (χ0n) is 18.2. The molecule has 5 nitrogen and oxygen atoms in total. The van der Waals surface area contributed by atoms with Crippen molar-refractivity contribution in [1.29, 1.82) is 0 Å². The van der Waals surface area contributed by atoms with Crippen LogP contribution in [0.4, 0.5) is 13.2 Å². The van der Waals surface area contributed by atoms with Gasteiger partial charge in [0.05, 0.1) is 5.56 Å². The van der Waals surface area contributed by atoms with Gasteiger partial charge in [-0.1, -0.05) is 65.8 Å². The number of hydrogen-bond acceptors (Lipinski definition) is 4. The Morgan fingerprint density at radius 3 is 2.09 bits per heavy atom. The van der Waals surface area contributed by atoms with Crippen molar-refractivity contribution in [2.24, 2.45) is 0 Å². The molecule has 0 fully saturated rings. The Balaban J connectivity index is 1.44. The van der Waals surface area contributed by atoms with E-state index in [0.717, 1.165) is 17.7 Å². The molecule has 0 unspecified atom stereocenters. The first-order valence-corrected chi connectivity index (χ1v) is 10.8. The van der Waals surface area contributed by atoms with Crippen LogP contribution in [0.25, 0.3) is 11.4 Å². The predicted molar refractivity (Wildman–Crippen MR) is 121 cm³/mol. The van der Waals surface area contributed by atoms with Crippen LogP contribution in [-0.4, -0.2) is 34.0 Å². The highest BCUT2D eigenvalue weighted by atomic mass is 19.4. The molecule has 0 spiro atoms. The number of benzene rings is 3. The molecule has 1 aromatic heterocycles. The molecule has 3 aromatic carbocycles. The second kappa shape index (κ2) is 10.3. The maximum absolute atomic E-state index is 13.1. The lowest BCUT2D eigenvalue weighted by Crippen LogP contribution is -2.34. The normalized spacial score (nSPS) is 11.4. The topological polar surface area (TPSA) is 59.2 Å². The van der Waals surface area contributed by atoms with Crippen LogP contribution in [0.2, 0.25) is 0 Å². The molecule has 0 atom stereocenters. The van der Waals surface area contributed by atoms with Crippen LogP contribution in [0.5, 0.6) is 0 Å². The van der Waals surface area contributed by atoms with Gasteiger partial charge in [-0.3, -0.25) is 4.79 Å². The smallest absolute Gasteiger partial charge is 0.339 e. The minimum Gasteiger partial charge on any atom is -0.339 e. The average Bonchev–Trinajstić information content (AvgIpc) is 3.33. The third-order valence-electron chi connectivity index (χ3n) is 5.36. The first-order chi connectivity index (χ1) is 16.4. The Labute approximate surface area is 194 Å². The van der Waals surface area contributed by atoms with Gasteiger partial charge in [0.25, 0.3) is 5.91 Å². The van der Waals surface area contributed by atoms with Crippen molar-refractivity contribution in [1.82, 2.24) is 15.0 Å². The molecule has 0 aliphatic rings. The molecular weight excluding hydrogens is 443 g/mol. The first kappa shape index (κ1) is 23.2. The lowest BCUT2D eigenvalue weighted by molar-refractivity contribution is -0.137. The van der Waals surface area contributed by atoms with E-state index < -0.39 is 11.7 Å². The molecule has 0 radical (unpaired) electrons. The molecule has 0 aliphatic carbocycles. The maximum Gasteiger partial charge on any atom is 0.416 e. The quantitative estimate of drug-likeness (QED) is 0.336. The highest BCUT2D eigenvalue weighted by Gasteiger charge is 2.30. The summed E-state index contributed by atoms with van der Waals surface area (Å²) in [6.45, 7) is 0.868. The minimum atomic E-state index is -4.41. The Morgan fingerprint density at radius 1 is 0.824 bits per heavy atom. The molecule has 1 amide bonds. The molecule has 8 heteroatoms. The van der Waals surface area contributed by atoms with Crippen LogP contribution in [0.15, 0.2) is 89.5 Å². The maximum atomic E-state index is 13.1. The van der Waals surface area contributed by atoms with E-state index in [1.807, 2.05) is 48.5 Å². The van der Waals surface area contributed by atoms with E-state index in [1.165, 1.54) is 12.1 Å². The fraction of sp³-hybridized carbons (Fsp3) is 0.192. The van der Waals surface area contributed by atoms with Gasteiger partial charge < -0.3 is 9.42 Å². The van der Waals surface area contributed by atoms with E-state index in [0.29, 0.717) is 42.9 Å². The highest BCUT2D eigenvalue weighted by Crippen LogP contribution is 2.30. The zero-order valence-corrected chi connectivity index (χ0v) is 18.2. The molecule has 0 bridgehead atoms. The SMILES string of the molecule is O=C(c1ccccc1)N(CCc1ccccc1)CCc1nc(-c2ccc(C(F)(F)F)cc2)no1. The molecule has 0 aliphatic heterocycles. The number of amides is 1. The average molecular weight is 465 g/mol. The van der Waals surface area contributed by atoms with Crippen LogP contribution in [0.3, 0.4) is 0 Å². The summed E-state index contributed by atoms with van der Waals surface area (Å²) in [7, 11) is 0. The summed E-state index contributed by atoms with van der Waals surface area (Å²) in [5.74, 6) is 0.411. The highest BCUT2D eigenvalue weighted by molar-refractivity contribution is 5.94. The van der Waals surface area contributed by atoms with E-state index in [2.05, 4.69) is 10.1 Å². The number of rotatable bonds is 8. The van der Waals surface area contributed by atoms with Gasteiger partial charge in [0.2, 0.25) is 11.7 Å². The van der Waals surface area contributed by atoms with Crippen LogP contribution in [0.1, 0.15) is 27.4 Å². The van der Waals surface area contributed by atoms with Crippen molar-refractivity contribution in [2.45, 2.75) is 19.0 Å². The molecular formula is C26H22F3N3O2. The van der Waals surface area contributed by atoms with E-state index >= 15 is 0 Å². The van der Waals surface area contributed by atoms with Crippen molar-refractivity contribution in [3.8, 4) is 11.4 Å². The predicted octanol–water partition coefficient (Wildman–Crippen LogP) is 5.68. The number of hydrogen-bond donors (Lipinski definition) is 0. The molecule has 34 heavy (non-hydrogen) atoms.